The minimum absolute atomic E-state index is 0.0894. The second kappa shape index (κ2) is 6.11. The van der Waals surface area contributed by atoms with Crippen molar-refractivity contribution >= 4 is 39.5 Å². The maximum atomic E-state index is 11.8. The maximum absolute atomic E-state index is 11.8. The fourth-order valence-electron chi connectivity index (χ4n) is 2.19. The summed E-state index contributed by atoms with van der Waals surface area (Å²) in [5.74, 6) is -1.07. The van der Waals surface area contributed by atoms with E-state index in [4.69, 9.17) is 5.11 Å². The van der Waals surface area contributed by atoms with Gasteiger partial charge in [-0.2, -0.15) is 0 Å². The smallest absolute Gasteiger partial charge is 0.335 e. The molecule has 1 unspecified atom stereocenters. The lowest BCUT2D eigenvalue weighted by molar-refractivity contribution is 0.0697. The standard InChI is InChI=1S/C15H11N3O4S/c19-15(20)10-3-5-12(6-4-10)18(23(21)22)13-9-16-8-11-2-1-7-17-14(11)13/h1-9H,(H,19,20)(H,21,22). The van der Waals surface area contributed by atoms with E-state index in [-0.39, 0.29) is 5.56 Å². The zero-order chi connectivity index (χ0) is 16.4. The molecule has 0 radical (unpaired) electrons. The highest BCUT2D eigenvalue weighted by Crippen LogP contribution is 2.31. The Labute approximate surface area is 133 Å². The van der Waals surface area contributed by atoms with Crippen LogP contribution in [0.1, 0.15) is 10.4 Å². The van der Waals surface area contributed by atoms with Crippen molar-refractivity contribution in [2.24, 2.45) is 0 Å². The van der Waals surface area contributed by atoms with Crippen molar-refractivity contribution in [2.75, 3.05) is 4.31 Å². The number of aromatic carboxylic acids is 1. The molecular formula is C15H11N3O4S. The first-order valence-corrected chi connectivity index (χ1v) is 7.57. The number of carboxylic acid groups (broad SMARTS) is 1. The number of hydrogen-bond acceptors (Lipinski definition) is 4. The summed E-state index contributed by atoms with van der Waals surface area (Å²) in [7, 11) is 0. The summed E-state index contributed by atoms with van der Waals surface area (Å²) >= 11 is -2.37. The van der Waals surface area contributed by atoms with Crippen LogP contribution in [0.3, 0.4) is 0 Å². The number of carbonyl (C=O) groups is 1. The molecule has 0 aliphatic carbocycles. The number of fused-ring (bicyclic) bond motifs is 1. The van der Waals surface area contributed by atoms with Crippen LogP contribution in [0.4, 0.5) is 11.4 Å². The monoisotopic (exact) mass is 329 g/mol. The van der Waals surface area contributed by atoms with Gasteiger partial charge in [-0.1, -0.05) is 0 Å². The summed E-state index contributed by atoms with van der Waals surface area (Å²) in [5, 5.41) is 9.66. The highest BCUT2D eigenvalue weighted by atomic mass is 32.2. The number of benzene rings is 1. The van der Waals surface area contributed by atoms with Crippen LogP contribution in [-0.4, -0.2) is 29.8 Å². The number of pyridine rings is 2. The lowest BCUT2D eigenvalue weighted by Crippen LogP contribution is -2.20. The van der Waals surface area contributed by atoms with Crippen molar-refractivity contribution in [1.82, 2.24) is 9.97 Å². The molecule has 23 heavy (non-hydrogen) atoms. The molecule has 1 aromatic carbocycles. The van der Waals surface area contributed by atoms with Gasteiger partial charge in [-0.3, -0.25) is 14.5 Å². The van der Waals surface area contributed by atoms with E-state index in [1.165, 1.54) is 30.5 Å². The fourth-order valence-corrected chi connectivity index (χ4v) is 2.79. The average Bonchev–Trinajstić information content (AvgIpc) is 2.55. The van der Waals surface area contributed by atoms with Crippen molar-refractivity contribution in [2.45, 2.75) is 0 Å². The first-order chi connectivity index (χ1) is 11.1. The molecule has 1 atom stereocenters. The Morgan fingerprint density at radius 3 is 2.52 bits per heavy atom. The lowest BCUT2D eigenvalue weighted by Gasteiger charge is -2.20. The average molecular weight is 329 g/mol. The number of hydrogen-bond donors (Lipinski definition) is 2. The van der Waals surface area contributed by atoms with E-state index in [1.807, 2.05) is 0 Å². The molecule has 116 valence electrons. The minimum atomic E-state index is -2.37. The van der Waals surface area contributed by atoms with Gasteiger partial charge in [0, 0.05) is 17.8 Å². The van der Waals surface area contributed by atoms with Crippen LogP contribution in [0.2, 0.25) is 0 Å². The largest absolute Gasteiger partial charge is 0.478 e. The molecule has 7 nitrogen and oxygen atoms in total. The summed E-state index contributed by atoms with van der Waals surface area (Å²) in [5.41, 5.74) is 1.32. The maximum Gasteiger partial charge on any atom is 0.335 e. The molecule has 3 rings (SSSR count). The predicted octanol–water partition coefficient (Wildman–Crippen LogP) is 2.60. The Bertz CT molecular complexity index is 893. The van der Waals surface area contributed by atoms with Crippen molar-refractivity contribution in [3.8, 4) is 0 Å². The SMILES string of the molecule is O=C(O)c1ccc(N(c2cncc3cccnc23)S(=O)O)cc1. The summed E-state index contributed by atoms with van der Waals surface area (Å²) < 4.78 is 22.6. The van der Waals surface area contributed by atoms with Gasteiger partial charge >= 0.3 is 5.97 Å². The van der Waals surface area contributed by atoms with E-state index < -0.39 is 17.2 Å². The molecule has 0 saturated heterocycles. The van der Waals surface area contributed by atoms with Gasteiger partial charge in [0.2, 0.25) is 0 Å². The summed E-state index contributed by atoms with van der Waals surface area (Å²) in [6.07, 6.45) is 4.63. The normalized spacial score (nSPS) is 12.0. The third kappa shape index (κ3) is 2.89. The van der Waals surface area contributed by atoms with Gasteiger partial charge in [0.05, 0.1) is 23.0 Å². The van der Waals surface area contributed by atoms with E-state index in [2.05, 4.69) is 9.97 Å². The van der Waals surface area contributed by atoms with Crippen LogP contribution in [0.25, 0.3) is 10.9 Å². The Hall–Kier alpha value is -2.84. The molecule has 0 bridgehead atoms. The molecule has 0 aliphatic heterocycles. The minimum Gasteiger partial charge on any atom is -0.478 e. The van der Waals surface area contributed by atoms with Gasteiger partial charge in [-0.25, -0.2) is 13.3 Å². The number of carboxylic acids is 1. The van der Waals surface area contributed by atoms with E-state index in [0.717, 1.165) is 9.69 Å². The fraction of sp³-hybridized carbons (Fsp3) is 0. The van der Waals surface area contributed by atoms with Crippen molar-refractivity contribution in [1.29, 1.82) is 0 Å². The van der Waals surface area contributed by atoms with E-state index in [9.17, 15) is 13.6 Å². The summed E-state index contributed by atoms with van der Waals surface area (Å²) in [6.45, 7) is 0. The Kier molecular flexibility index (Phi) is 4.00. The van der Waals surface area contributed by atoms with E-state index in [0.29, 0.717) is 16.9 Å². The third-order valence-corrected chi connectivity index (χ3v) is 3.94. The Morgan fingerprint density at radius 2 is 1.87 bits per heavy atom. The highest BCUT2D eigenvalue weighted by Gasteiger charge is 2.19. The molecule has 0 saturated carbocycles. The first kappa shape index (κ1) is 15.1. The van der Waals surface area contributed by atoms with Gasteiger partial charge in [0.25, 0.3) is 11.3 Å². The van der Waals surface area contributed by atoms with Crippen LogP contribution in [0.15, 0.2) is 55.0 Å². The molecule has 2 aromatic heterocycles. The van der Waals surface area contributed by atoms with Crippen LogP contribution in [0.5, 0.6) is 0 Å². The van der Waals surface area contributed by atoms with Crippen molar-refractivity contribution in [3.63, 3.8) is 0 Å². The lowest BCUT2D eigenvalue weighted by atomic mass is 10.2. The number of nitrogens with zero attached hydrogens (tertiary/aromatic N) is 3. The zero-order valence-corrected chi connectivity index (χ0v) is 12.5. The molecule has 0 amide bonds. The number of aromatic nitrogens is 2. The second-order valence-corrected chi connectivity index (χ2v) is 5.44. The van der Waals surface area contributed by atoms with Gasteiger partial charge in [-0.05, 0) is 36.4 Å². The molecule has 3 aromatic rings. The van der Waals surface area contributed by atoms with Crippen molar-refractivity contribution < 1.29 is 18.7 Å². The Morgan fingerprint density at radius 1 is 1.13 bits per heavy atom. The van der Waals surface area contributed by atoms with Crippen LogP contribution in [0, 0.1) is 0 Å². The third-order valence-electron chi connectivity index (χ3n) is 3.22. The second-order valence-electron chi connectivity index (χ2n) is 4.61. The van der Waals surface area contributed by atoms with Crippen molar-refractivity contribution in [3.05, 3.63) is 60.6 Å². The molecule has 0 fully saturated rings. The number of rotatable bonds is 4. The highest BCUT2D eigenvalue weighted by molar-refractivity contribution is 7.81. The summed E-state index contributed by atoms with van der Waals surface area (Å²) in [4.78, 5) is 19.2. The summed E-state index contributed by atoms with van der Waals surface area (Å²) in [6, 6.07) is 9.19. The zero-order valence-electron chi connectivity index (χ0n) is 11.7. The molecular weight excluding hydrogens is 318 g/mol. The topological polar surface area (TPSA) is 104 Å². The first-order valence-electron chi connectivity index (χ1n) is 6.51. The van der Waals surface area contributed by atoms with Gasteiger partial charge < -0.3 is 5.11 Å². The van der Waals surface area contributed by atoms with Crippen LogP contribution >= 0.6 is 0 Å². The van der Waals surface area contributed by atoms with Gasteiger partial charge in [0.15, 0.2) is 0 Å². The van der Waals surface area contributed by atoms with Gasteiger partial charge in [-0.15, -0.1) is 0 Å². The van der Waals surface area contributed by atoms with Crippen LogP contribution < -0.4 is 4.31 Å². The van der Waals surface area contributed by atoms with E-state index >= 15 is 0 Å². The molecule has 2 heterocycles. The molecule has 0 spiro atoms. The Balaban J connectivity index is 2.15. The van der Waals surface area contributed by atoms with Crippen LogP contribution in [-0.2, 0) is 11.3 Å². The quantitative estimate of drug-likeness (QED) is 0.713. The molecule has 8 heteroatoms. The number of anilines is 2. The van der Waals surface area contributed by atoms with Gasteiger partial charge in [0.1, 0.15) is 5.69 Å². The predicted molar refractivity (Wildman–Crippen MR) is 85.8 cm³/mol. The molecule has 0 aliphatic rings. The molecule has 2 N–H and O–H groups in total. The van der Waals surface area contributed by atoms with E-state index in [1.54, 1.807) is 24.5 Å².